The molecule has 0 amide bonds. The highest BCUT2D eigenvalue weighted by atomic mass is 16.5. The number of esters is 3. The number of hydrogen-bond acceptors (Lipinski definition) is 7. The summed E-state index contributed by atoms with van der Waals surface area (Å²) in [5.41, 5.74) is 3.28. The van der Waals surface area contributed by atoms with Crippen molar-refractivity contribution >= 4 is 24.0 Å². The number of carbonyl (C=O) groups is 3. The van der Waals surface area contributed by atoms with Gasteiger partial charge in [0.15, 0.2) is 0 Å². The highest BCUT2D eigenvalue weighted by Gasteiger charge is 2.09. The minimum Gasteiger partial charge on any atom is -0.494 e. The second kappa shape index (κ2) is 21.2. The molecule has 3 aromatic carbocycles. The van der Waals surface area contributed by atoms with Crippen molar-refractivity contribution in [3.8, 4) is 22.6 Å². The molecule has 0 unspecified atom stereocenters. The maximum atomic E-state index is 12.7. The van der Waals surface area contributed by atoms with Gasteiger partial charge in [-0.25, -0.2) is 14.4 Å². The van der Waals surface area contributed by atoms with E-state index in [9.17, 15) is 14.4 Å². The Morgan fingerprint density at radius 2 is 1.13 bits per heavy atom. The SMILES string of the molecule is C=CC(=O)OCCCCCCCCOC(=O)C=Cc1ccc(OC(=O)c2ccc(-c3ccc(OCCCCCC)cc3)cc2)cc1. The van der Waals surface area contributed by atoms with E-state index in [1.165, 1.54) is 31.4 Å². The molecule has 0 atom stereocenters. The molecule has 3 rings (SSSR count). The molecule has 0 heterocycles. The molecule has 0 aliphatic heterocycles. The number of rotatable bonds is 21. The molecule has 0 N–H and O–H groups in total. The smallest absolute Gasteiger partial charge is 0.343 e. The van der Waals surface area contributed by atoms with E-state index in [-0.39, 0.29) is 5.97 Å². The summed E-state index contributed by atoms with van der Waals surface area (Å²) in [6.45, 7) is 7.08. The van der Waals surface area contributed by atoms with Gasteiger partial charge in [0.2, 0.25) is 0 Å². The Morgan fingerprint density at radius 3 is 1.74 bits per heavy atom. The quantitative estimate of drug-likeness (QED) is 0.0504. The van der Waals surface area contributed by atoms with E-state index < -0.39 is 11.9 Å². The first-order valence-electron chi connectivity index (χ1n) is 16.3. The van der Waals surface area contributed by atoms with Gasteiger partial charge in [-0.05, 0) is 78.4 Å². The summed E-state index contributed by atoms with van der Waals surface area (Å²) in [6.07, 6.45) is 14.6. The Kier molecular flexibility index (Phi) is 16.5. The van der Waals surface area contributed by atoms with Crippen molar-refractivity contribution in [3.05, 3.63) is 103 Å². The molecule has 0 saturated heterocycles. The summed E-state index contributed by atoms with van der Waals surface area (Å²) in [5.74, 6) is 0.0461. The first kappa shape index (κ1) is 35.8. The first-order chi connectivity index (χ1) is 22.5. The molecule has 3 aromatic rings. The van der Waals surface area contributed by atoms with Crippen LogP contribution in [-0.4, -0.2) is 37.7 Å². The van der Waals surface area contributed by atoms with Crippen LogP contribution in [0.25, 0.3) is 17.2 Å². The Morgan fingerprint density at radius 1 is 0.609 bits per heavy atom. The number of unbranched alkanes of at least 4 members (excludes halogenated alkanes) is 8. The molecule has 7 heteroatoms. The Labute approximate surface area is 273 Å². The van der Waals surface area contributed by atoms with Gasteiger partial charge in [-0.3, -0.25) is 0 Å². The topological polar surface area (TPSA) is 88.1 Å². The minimum atomic E-state index is -0.445. The summed E-state index contributed by atoms with van der Waals surface area (Å²) in [7, 11) is 0. The minimum absolute atomic E-state index is 0.372. The summed E-state index contributed by atoms with van der Waals surface area (Å²) in [4.78, 5) is 35.7. The molecule has 0 aromatic heterocycles. The Hall–Kier alpha value is -4.65. The number of benzene rings is 3. The van der Waals surface area contributed by atoms with Crippen LogP contribution in [0.2, 0.25) is 0 Å². The second-order valence-corrected chi connectivity index (χ2v) is 11.0. The van der Waals surface area contributed by atoms with Crippen LogP contribution in [-0.2, 0) is 19.1 Å². The zero-order valence-corrected chi connectivity index (χ0v) is 26.9. The van der Waals surface area contributed by atoms with Crippen molar-refractivity contribution in [3.63, 3.8) is 0 Å². The third kappa shape index (κ3) is 14.0. The summed E-state index contributed by atoms with van der Waals surface area (Å²) in [6, 6.07) is 22.2. The van der Waals surface area contributed by atoms with Gasteiger partial charge in [0, 0.05) is 12.2 Å². The lowest BCUT2D eigenvalue weighted by Crippen LogP contribution is -2.08. The van der Waals surface area contributed by atoms with Gasteiger partial charge in [-0.2, -0.15) is 0 Å². The van der Waals surface area contributed by atoms with Gasteiger partial charge in [-0.1, -0.05) is 94.8 Å². The van der Waals surface area contributed by atoms with Crippen molar-refractivity contribution in [2.75, 3.05) is 19.8 Å². The number of hydrogen-bond donors (Lipinski definition) is 0. The van der Waals surface area contributed by atoms with Crippen LogP contribution in [0.4, 0.5) is 0 Å². The third-order valence-corrected chi connectivity index (χ3v) is 7.27. The van der Waals surface area contributed by atoms with Crippen LogP contribution in [0.1, 0.15) is 87.1 Å². The van der Waals surface area contributed by atoms with Gasteiger partial charge in [0.05, 0.1) is 25.4 Å². The first-order valence-corrected chi connectivity index (χ1v) is 16.3. The molecule has 0 fully saturated rings. The molecule has 7 nitrogen and oxygen atoms in total. The lowest BCUT2D eigenvalue weighted by molar-refractivity contribution is -0.138. The number of carbonyl (C=O) groups excluding carboxylic acids is 3. The van der Waals surface area contributed by atoms with Crippen molar-refractivity contribution in [2.45, 2.75) is 71.1 Å². The largest absolute Gasteiger partial charge is 0.494 e. The van der Waals surface area contributed by atoms with Gasteiger partial charge < -0.3 is 18.9 Å². The average molecular weight is 627 g/mol. The molecule has 46 heavy (non-hydrogen) atoms. The van der Waals surface area contributed by atoms with Crippen molar-refractivity contribution in [2.24, 2.45) is 0 Å². The lowest BCUT2D eigenvalue weighted by Gasteiger charge is -2.08. The van der Waals surface area contributed by atoms with E-state index in [0.29, 0.717) is 24.5 Å². The van der Waals surface area contributed by atoms with E-state index in [4.69, 9.17) is 18.9 Å². The van der Waals surface area contributed by atoms with Crippen LogP contribution < -0.4 is 9.47 Å². The standard InChI is InChI=1S/C39H46O7/c1-3-5-6-11-28-43-35-25-21-33(22-26-35)32-17-19-34(20-18-32)39(42)46-36-23-14-31(15-24-36)16-27-38(41)45-30-13-10-8-7-9-12-29-44-37(40)4-2/h4,14-27H,2-3,5-13,28-30H2,1H3. The molecule has 0 spiro atoms. The zero-order valence-electron chi connectivity index (χ0n) is 26.9. The summed E-state index contributed by atoms with van der Waals surface area (Å²) >= 11 is 0. The van der Waals surface area contributed by atoms with E-state index in [0.717, 1.165) is 74.0 Å². The molecule has 0 aliphatic rings. The fourth-order valence-corrected chi connectivity index (χ4v) is 4.60. The van der Waals surface area contributed by atoms with E-state index >= 15 is 0 Å². The highest BCUT2D eigenvalue weighted by Crippen LogP contribution is 2.24. The fraction of sp³-hybridized carbons (Fsp3) is 0.359. The van der Waals surface area contributed by atoms with Gasteiger partial charge in [-0.15, -0.1) is 0 Å². The lowest BCUT2D eigenvalue weighted by atomic mass is 10.0. The van der Waals surface area contributed by atoms with Crippen molar-refractivity contribution < 1.29 is 33.3 Å². The zero-order chi connectivity index (χ0) is 32.8. The van der Waals surface area contributed by atoms with Gasteiger partial charge in [0.25, 0.3) is 0 Å². The van der Waals surface area contributed by atoms with E-state index in [2.05, 4.69) is 13.5 Å². The maximum Gasteiger partial charge on any atom is 0.343 e. The number of ether oxygens (including phenoxy) is 4. The highest BCUT2D eigenvalue weighted by molar-refractivity contribution is 5.92. The molecule has 0 bridgehead atoms. The average Bonchev–Trinajstić information content (AvgIpc) is 3.09. The van der Waals surface area contributed by atoms with E-state index in [1.54, 1.807) is 42.5 Å². The maximum absolute atomic E-state index is 12.7. The molecule has 0 radical (unpaired) electrons. The fourth-order valence-electron chi connectivity index (χ4n) is 4.60. The second-order valence-electron chi connectivity index (χ2n) is 11.0. The van der Waals surface area contributed by atoms with E-state index in [1.807, 2.05) is 36.4 Å². The molecular weight excluding hydrogens is 580 g/mol. The van der Waals surface area contributed by atoms with Gasteiger partial charge in [0.1, 0.15) is 11.5 Å². The van der Waals surface area contributed by atoms with Crippen LogP contribution in [0.5, 0.6) is 11.5 Å². The van der Waals surface area contributed by atoms with Crippen LogP contribution in [0.15, 0.2) is 91.5 Å². The monoisotopic (exact) mass is 626 g/mol. The van der Waals surface area contributed by atoms with Crippen LogP contribution in [0, 0.1) is 0 Å². The summed E-state index contributed by atoms with van der Waals surface area (Å²) in [5, 5.41) is 0. The Bertz CT molecular complexity index is 1370. The molecule has 0 aliphatic carbocycles. The van der Waals surface area contributed by atoms with Gasteiger partial charge >= 0.3 is 17.9 Å². The molecule has 0 saturated carbocycles. The van der Waals surface area contributed by atoms with Crippen molar-refractivity contribution in [1.82, 2.24) is 0 Å². The molecule has 244 valence electrons. The van der Waals surface area contributed by atoms with Crippen LogP contribution in [0.3, 0.4) is 0 Å². The predicted octanol–water partition coefficient (Wildman–Crippen LogP) is 9.16. The molecular formula is C39H46O7. The predicted molar refractivity (Wildman–Crippen MR) is 182 cm³/mol. The third-order valence-electron chi connectivity index (χ3n) is 7.27. The summed E-state index contributed by atoms with van der Waals surface area (Å²) < 4.78 is 21.6. The van der Waals surface area contributed by atoms with Crippen molar-refractivity contribution in [1.29, 1.82) is 0 Å². The normalized spacial score (nSPS) is 10.8. The van der Waals surface area contributed by atoms with Crippen LogP contribution >= 0.6 is 0 Å². The Balaban J connectivity index is 1.33.